The summed E-state index contributed by atoms with van der Waals surface area (Å²) >= 11 is 3.37. The van der Waals surface area contributed by atoms with Crippen LogP contribution in [-0.2, 0) is 0 Å². The third-order valence-electron chi connectivity index (χ3n) is 2.41. The SMILES string of the molecule is CC(C)(CBr)CNC(=O)c1cccc([N+](=O)[O-])c1. The summed E-state index contributed by atoms with van der Waals surface area (Å²) in [6.45, 7) is 4.52. The van der Waals surface area contributed by atoms with Gasteiger partial charge in [0.25, 0.3) is 11.6 Å². The molecule has 0 saturated carbocycles. The molecule has 0 fully saturated rings. The molecule has 0 heterocycles. The maximum absolute atomic E-state index is 11.8. The van der Waals surface area contributed by atoms with Gasteiger partial charge in [-0.25, -0.2) is 0 Å². The van der Waals surface area contributed by atoms with E-state index in [9.17, 15) is 14.9 Å². The highest BCUT2D eigenvalue weighted by Crippen LogP contribution is 2.17. The number of rotatable bonds is 5. The molecule has 0 aromatic heterocycles. The average molecular weight is 315 g/mol. The summed E-state index contributed by atoms with van der Waals surface area (Å²) in [6.07, 6.45) is 0. The molecule has 18 heavy (non-hydrogen) atoms. The number of non-ortho nitro benzene ring substituents is 1. The van der Waals surface area contributed by atoms with E-state index >= 15 is 0 Å². The fourth-order valence-electron chi connectivity index (χ4n) is 1.23. The lowest BCUT2D eigenvalue weighted by atomic mass is 9.97. The van der Waals surface area contributed by atoms with Crippen LogP contribution in [0.5, 0.6) is 0 Å². The maximum atomic E-state index is 11.8. The number of amides is 1. The third-order valence-corrected chi connectivity index (χ3v) is 3.93. The fraction of sp³-hybridized carbons (Fsp3) is 0.417. The van der Waals surface area contributed by atoms with Crippen molar-refractivity contribution in [1.82, 2.24) is 5.32 Å². The second-order valence-electron chi connectivity index (χ2n) is 4.79. The number of carbonyl (C=O) groups excluding carboxylic acids is 1. The number of nitro benzene ring substituents is 1. The molecule has 0 spiro atoms. The summed E-state index contributed by atoms with van der Waals surface area (Å²) in [4.78, 5) is 21.9. The van der Waals surface area contributed by atoms with E-state index in [-0.39, 0.29) is 17.0 Å². The second kappa shape index (κ2) is 5.95. The lowest BCUT2D eigenvalue weighted by Gasteiger charge is -2.21. The fourth-order valence-corrected chi connectivity index (χ4v) is 1.43. The number of nitro groups is 1. The Morgan fingerprint density at radius 2 is 2.17 bits per heavy atom. The van der Waals surface area contributed by atoms with Crippen LogP contribution >= 0.6 is 15.9 Å². The Kier molecular flexibility index (Phi) is 4.84. The van der Waals surface area contributed by atoms with Gasteiger partial charge in [-0.2, -0.15) is 0 Å². The average Bonchev–Trinajstić information content (AvgIpc) is 2.36. The van der Waals surface area contributed by atoms with Crippen LogP contribution in [0, 0.1) is 15.5 Å². The number of carbonyl (C=O) groups is 1. The Morgan fingerprint density at radius 1 is 1.50 bits per heavy atom. The van der Waals surface area contributed by atoms with E-state index in [0.29, 0.717) is 12.1 Å². The molecule has 0 aliphatic carbocycles. The van der Waals surface area contributed by atoms with E-state index in [0.717, 1.165) is 5.33 Å². The maximum Gasteiger partial charge on any atom is 0.270 e. The first-order valence-electron chi connectivity index (χ1n) is 5.44. The number of benzene rings is 1. The van der Waals surface area contributed by atoms with E-state index in [2.05, 4.69) is 21.2 Å². The van der Waals surface area contributed by atoms with Crippen LogP contribution in [-0.4, -0.2) is 22.7 Å². The first-order chi connectivity index (χ1) is 8.35. The zero-order valence-corrected chi connectivity index (χ0v) is 11.9. The molecule has 6 heteroatoms. The molecule has 0 unspecified atom stereocenters. The molecule has 0 radical (unpaired) electrons. The summed E-state index contributed by atoms with van der Waals surface area (Å²) in [7, 11) is 0. The van der Waals surface area contributed by atoms with Gasteiger partial charge in [-0.3, -0.25) is 14.9 Å². The third kappa shape index (κ3) is 4.10. The lowest BCUT2D eigenvalue weighted by Crippen LogP contribution is -2.34. The van der Waals surface area contributed by atoms with E-state index in [4.69, 9.17) is 0 Å². The van der Waals surface area contributed by atoms with Crippen molar-refractivity contribution in [2.45, 2.75) is 13.8 Å². The van der Waals surface area contributed by atoms with Gasteiger partial charge in [0.2, 0.25) is 0 Å². The summed E-state index contributed by atoms with van der Waals surface area (Å²) in [5, 5.41) is 14.1. The summed E-state index contributed by atoms with van der Waals surface area (Å²) in [5.74, 6) is -0.298. The smallest absolute Gasteiger partial charge is 0.270 e. The largest absolute Gasteiger partial charge is 0.351 e. The Bertz CT molecular complexity index is 460. The molecule has 1 amide bonds. The Morgan fingerprint density at radius 3 is 2.72 bits per heavy atom. The van der Waals surface area contributed by atoms with Crippen molar-refractivity contribution < 1.29 is 9.72 Å². The molecule has 0 saturated heterocycles. The molecule has 1 aromatic rings. The van der Waals surface area contributed by atoms with Gasteiger partial charge in [-0.1, -0.05) is 35.8 Å². The van der Waals surface area contributed by atoms with Crippen molar-refractivity contribution in [1.29, 1.82) is 0 Å². The molecule has 0 aliphatic heterocycles. The molecular formula is C12H15BrN2O3. The molecule has 98 valence electrons. The van der Waals surface area contributed by atoms with Crippen molar-refractivity contribution in [2.75, 3.05) is 11.9 Å². The second-order valence-corrected chi connectivity index (χ2v) is 5.35. The van der Waals surface area contributed by atoms with Gasteiger partial charge in [0.05, 0.1) is 4.92 Å². The minimum Gasteiger partial charge on any atom is -0.351 e. The Labute approximate surface area is 114 Å². The Balaban J connectivity index is 2.73. The highest BCUT2D eigenvalue weighted by Gasteiger charge is 2.18. The van der Waals surface area contributed by atoms with Crippen molar-refractivity contribution in [3.8, 4) is 0 Å². The zero-order chi connectivity index (χ0) is 13.8. The van der Waals surface area contributed by atoms with Gasteiger partial charge < -0.3 is 5.32 Å². The predicted molar refractivity (Wildman–Crippen MR) is 73.0 cm³/mol. The van der Waals surface area contributed by atoms with E-state index in [1.165, 1.54) is 18.2 Å². The molecule has 0 bridgehead atoms. The minimum absolute atomic E-state index is 0.0592. The van der Waals surface area contributed by atoms with Crippen molar-refractivity contribution >= 4 is 27.5 Å². The number of hydrogen-bond donors (Lipinski definition) is 1. The lowest BCUT2D eigenvalue weighted by molar-refractivity contribution is -0.384. The summed E-state index contributed by atoms with van der Waals surface area (Å²) < 4.78 is 0. The topological polar surface area (TPSA) is 72.2 Å². The summed E-state index contributed by atoms with van der Waals surface area (Å²) in [6, 6.07) is 5.70. The van der Waals surface area contributed by atoms with Crippen LogP contribution in [0.1, 0.15) is 24.2 Å². The van der Waals surface area contributed by atoms with Crippen LogP contribution in [0.3, 0.4) is 0 Å². The first kappa shape index (κ1) is 14.6. The number of alkyl halides is 1. The number of halogens is 1. The normalized spacial score (nSPS) is 11.1. The van der Waals surface area contributed by atoms with E-state index in [1.807, 2.05) is 13.8 Å². The van der Waals surface area contributed by atoms with Gasteiger partial charge in [0, 0.05) is 29.6 Å². The molecule has 0 atom stereocenters. The quantitative estimate of drug-likeness (QED) is 0.516. The number of nitrogens with one attached hydrogen (secondary N) is 1. The van der Waals surface area contributed by atoms with E-state index < -0.39 is 4.92 Å². The summed E-state index contributed by atoms with van der Waals surface area (Å²) in [5.41, 5.74) is 0.160. The zero-order valence-electron chi connectivity index (χ0n) is 10.3. The van der Waals surface area contributed by atoms with Gasteiger partial charge in [-0.15, -0.1) is 0 Å². The number of hydrogen-bond acceptors (Lipinski definition) is 3. The van der Waals surface area contributed by atoms with Gasteiger partial charge in [-0.05, 0) is 11.5 Å². The van der Waals surface area contributed by atoms with Crippen LogP contribution in [0.15, 0.2) is 24.3 Å². The number of nitrogens with zero attached hydrogens (tertiary/aromatic N) is 1. The molecule has 1 N–H and O–H groups in total. The molecular weight excluding hydrogens is 300 g/mol. The van der Waals surface area contributed by atoms with Crippen molar-refractivity contribution in [2.24, 2.45) is 5.41 Å². The van der Waals surface area contributed by atoms with Gasteiger partial charge in [0.1, 0.15) is 0 Å². The van der Waals surface area contributed by atoms with Crippen LogP contribution in [0.4, 0.5) is 5.69 Å². The van der Waals surface area contributed by atoms with E-state index in [1.54, 1.807) is 6.07 Å². The first-order valence-corrected chi connectivity index (χ1v) is 6.56. The standard InChI is InChI=1S/C12H15BrN2O3/c1-12(2,7-13)8-14-11(16)9-4-3-5-10(6-9)15(17)18/h3-6H,7-8H2,1-2H3,(H,14,16). The van der Waals surface area contributed by atoms with Crippen LogP contribution in [0.25, 0.3) is 0 Å². The predicted octanol–water partition coefficient (Wildman–Crippen LogP) is 2.75. The van der Waals surface area contributed by atoms with Crippen molar-refractivity contribution in [3.63, 3.8) is 0 Å². The van der Waals surface area contributed by atoms with Crippen LogP contribution in [0.2, 0.25) is 0 Å². The Hall–Kier alpha value is -1.43. The van der Waals surface area contributed by atoms with Gasteiger partial charge >= 0.3 is 0 Å². The van der Waals surface area contributed by atoms with Crippen LogP contribution < -0.4 is 5.32 Å². The highest BCUT2D eigenvalue weighted by atomic mass is 79.9. The molecule has 0 aliphatic rings. The monoisotopic (exact) mass is 314 g/mol. The molecule has 5 nitrogen and oxygen atoms in total. The molecule has 1 aromatic carbocycles. The van der Waals surface area contributed by atoms with Crippen molar-refractivity contribution in [3.05, 3.63) is 39.9 Å². The minimum atomic E-state index is -0.515. The highest BCUT2D eigenvalue weighted by molar-refractivity contribution is 9.09. The van der Waals surface area contributed by atoms with Gasteiger partial charge in [0.15, 0.2) is 0 Å². The molecule has 1 rings (SSSR count).